The predicted octanol–water partition coefficient (Wildman–Crippen LogP) is 2.96. The first-order valence-corrected chi connectivity index (χ1v) is 4.34. The summed E-state index contributed by atoms with van der Waals surface area (Å²) in [5.41, 5.74) is 4.66. The zero-order chi connectivity index (χ0) is 11.9. The van der Waals surface area contributed by atoms with Crippen LogP contribution in [0.15, 0.2) is 24.4 Å². The molecule has 2 rings (SSSR count). The third-order valence-corrected chi connectivity index (χ3v) is 2.20. The van der Waals surface area contributed by atoms with E-state index in [1.807, 2.05) is 0 Å². The molecule has 2 aromatic rings. The highest BCUT2D eigenvalue weighted by Gasteiger charge is 2.30. The highest BCUT2D eigenvalue weighted by Crippen LogP contribution is 2.34. The molecule has 3 N–H and O–H groups in total. The van der Waals surface area contributed by atoms with Gasteiger partial charge in [0.25, 0.3) is 0 Å². The Labute approximate surface area is 100 Å². The highest BCUT2D eigenvalue weighted by molar-refractivity contribution is 5.89. The van der Waals surface area contributed by atoms with Gasteiger partial charge in [0.1, 0.15) is 5.75 Å². The lowest BCUT2D eigenvalue weighted by Gasteiger charge is -2.08. The van der Waals surface area contributed by atoms with Crippen LogP contribution in [0.3, 0.4) is 0 Å². The second kappa shape index (κ2) is 4.29. The molecule has 0 aliphatic carbocycles. The molecule has 0 atom stereocenters. The Morgan fingerprint density at radius 2 is 1.88 bits per heavy atom. The zero-order valence-electron chi connectivity index (χ0n) is 8.32. The molecule has 0 fully saturated rings. The van der Waals surface area contributed by atoms with Gasteiger partial charge < -0.3 is 10.8 Å². The number of nitrogen functional groups attached to an aromatic ring is 1. The van der Waals surface area contributed by atoms with Crippen molar-refractivity contribution >= 4 is 29.0 Å². The smallest absolute Gasteiger partial charge is 0.416 e. The molecule has 7 heteroatoms. The van der Waals surface area contributed by atoms with Crippen LogP contribution in [0, 0.1) is 0 Å². The third-order valence-electron chi connectivity index (χ3n) is 2.20. The van der Waals surface area contributed by atoms with Crippen molar-refractivity contribution in [3.05, 3.63) is 30.0 Å². The molecule has 0 saturated heterocycles. The van der Waals surface area contributed by atoms with Gasteiger partial charge in [-0.2, -0.15) is 13.2 Å². The lowest BCUT2D eigenvalue weighted by atomic mass is 10.1. The van der Waals surface area contributed by atoms with E-state index in [1.54, 1.807) is 0 Å². The van der Waals surface area contributed by atoms with E-state index in [4.69, 9.17) is 5.73 Å². The largest absolute Gasteiger partial charge is 0.505 e. The standard InChI is InChI=1S/C10H7F3N2O.ClH/c11-10(12,13)5-1-2-6-8(3-5)15-4-7(14)9(6)16;/h1-4H,14H2,(H,15,16);1H. The van der Waals surface area contributed by atoms with Crippen LogP contribution < -0.4 is 5.73 Å². The van der Waals surface area contributed by atoms with E-state index in [0.29, 0.717) is 0 Å². The summed E-state index contributed by atoms with van der Waals surface area (Å²) in [5, 5.41) is 9.71. The molecule has 1 aromatic heterocycles. The second-order valence-corrected chi connectivity index (χ2v) is 3.29. The van der Waals surface area contributed by atoms with Crippen molar-refractivity contribution in [2.75, 3.05) is 5.73 Å². The molecule has 3 nitrogen and oxygen atoms in total. The van der Waals surface area contributed by atoms with Crippen LogP contribution >= 0.6 is 12.4 Å². The predicted molar refractivity (Wildman–Crippen MR) is 60.1 cm³/mol. The quantitative estimate of drug-likeness (QED) is 0.769. The Morgan fingerprint density at radius 1 is 1.24 bits per heavy atom. The number of nitrogens with zero attached hydrogens (tertiary/aromatic N) is 1. The van der Waals surface area contributed by atoms with Crippen LogP contribution in [0.5, 0.6) is 5.75 Å². The number of rotatable bonds is 0. The Hall–Kier alpha value is -1.69. The third kappa shape index (κ3) is 2.36. The van der Waals surface area contributed by atoms with Gasteiger partial charge in [-0.1, -0.05) is 0 Å². The topological polar surface area (TPSA) is 59.1 Å². The Morgan fingerprint density at radius 3 is 2.47 bits per heavy atom. The van der Waals surface area contributed by atoms with Crippen molar-refractivity contribution in [3.63, 3.8) is 0 Å². The second-order valence-electron chi connectivity index (χ2n) is 3.29. The molecular formula is C10H8ClF3N2O. The van der Waals surface area contributed by atoms with Gasteiger partial charge in [0.05, 0.1) is 23.0 Å². The molecule has 17 heavy (non-hydrogen) atoms. The first-order valence-electron chi connectivity index (χ1n) is 4.34. The van der Waals surface area contributed by atoms with E-state index in [1.165, 1.54) is 0 Å². The van der Waals surface area contributed by atoms with Crippen molar-refractivity contribution < 1.29 is 18.3 Å². The Bertz CT molecular complexity index is 557. The minimum Gasteiger partial charge on any atom is -0.505 e. The van der Waals surface area contributed by atoms with Gasteiger partial charge in [0.15, 0.2) is 0 Å². The van der Waals surface area contributed by atoms with Gasteiger partial charge >= 0.3 is 6.18 Å². The number of fused-ring (bicyclic) bond motifs is 1. The highest BCUT2D eigenvalue weighted by atomic mass is 35.5. The fourth-order valence-corrected chi connectivity index (χ4v) is 1.37. The first-order chi connectivity index (χ1) is 7.39. The number of hydrogen-bond donors (Lipinski definition) is 2. The molecule has 0 aliphatic rings. The SMILES string of the molecule is Cl.Nc1cnc2cc(C(F)(F)F)ccc2c1O. The lowest BCUT2D eigenvalue weighted by molar-refractivity contribution is -0.137. The number of hydrogen-bond acceptors (Lipinski definition) is 3. The van der Waals surface area contributed by atoms with Crippen molar-refractivity contribution in [2.45, 2.75) is 6.18 Å². The van der Waals surface area contributed by atoms with Crippen LogP contribution in [0.1, 0.15) is 5.56 Å². The summed E-state index contributed by atoms with van der Waals surface area (Å²) in [6.07, 6.45) is -3.30. The molecule has 92 valence electrons. The maximum absolute atomic E-state index is 12.4. The Balaban J connectivity index is 0.00000144. The molecule has 1 aromatic carbocycles. The van der Waals surface area contributed by atoms with E-state index < -0.39 is 11.7 Å². The average Bonchev–Trinajstić information content (AvgIpc) is 2.22. The van der Waals surface area contributed by atoms with Gasteiger partial charge in [0.2, 0.25) is 0 Å². The van der Waals surface area contributed by atoms with E-state index in [9.17, 15) is 18.3 Å². The van der Waals surface area contributed by atoms with Gasteiger partial charge in [-0.05, 0) is 18.2 Å². The normalized spacial score (nSPS) is 11.2. The number of halogens is 4. The van der Waals surface area contributed by atoms with Gasteiger partial charge in [-0.15, -0.1) is 12.4 Å². The molecule has 1 heterocycles. The van der Waals surface area contributed by atoms with E-state index in [-0.39, 0.29) is 34.7 Å². The van der Waals surface area contributed by atoms with E-state index in [2.05, 4.69) is 4.98 Å². The van der Waals surface area contributed by atoms with Gasteiger partial charge in [0, 0.05) is 5.39 Å². The molecule has 0 bridgehead atoms. The van der Waals surface area contributed by atoms with Gasteiger partial charge in [-0.25, -0.2) is 0 Å². The number of aromatic hydroxyl groups is 1. The summed E-state index contributed by atoms with van der Waals surface area (Å²) in [4.78, 5) is 3.73. The molecule has 0 amide bonds. The van der Waals surface area contributed by atoms with Crippen LogP contribution in [0.2, 0.25) is 0 Å². The summed E-state index contributed by atoms with van der Waals surface area (Å²) >= 11 is 0. The zero-order valence-corrected chi connectivity index (χ0v) is 9.14. The van der Waals surface area contributed by atoms with Crippen molar-refractivity contribution in [1.29, 1.82) is 0 Å². The van der Waals surface area contributed by atoms with Crippen molar-refractivity contribution in [2.24, 2.45) is 0 Å². The summed E-state index contributed by atoms with van der Waals surface area (Å²) in [7, 11) is 0. The van der Waals surface area contributed by atoms with Crippen molar-refractivity contribution in [1.82, 2.24) is 4.98 Å². The fraction of sp³-hybridized carbons (Fsp3) is 0.100. The van der Waals surface area contributed by atoms with Crippen LogP contribution in [-0.2, 0) is 6.18 Å². The molecule has 0 unspecified atom stereocenters. The van der Waals surface area contributed by atoms with Gasteiger partial charge in [-0.3, -0.25) is 4.98 Å². The number of alkyl halides is 3. The fourth-order valence-electron chi connectivity index (χ4n) is 1.37. The van der Waals surface area contributed by atoms with Crippen LogP contribution in [-0.4, -0.2) is 10.1 Å². The molecule has 0 aliphatic heterocycles. The van der Waals surface area contributed by atoms with E-state index in [0.717, 1.165) is 24.4 Å². The average molecular weight is 265 g/mol. The monoisotopic (exact) mass is 264 g/mol. The summed E-state index contributed by atoms with van der Waals surface area (Å²) in [6, 6.07) is 2.90. The maximum atomic E-state index is 12.4. The van der Waals surface area contributed by atoms with Crippen LogP contribution in [0.4, 0.5) is 18.9 Å². The van der Waals surface area contributed by atoms with Crippen LogP contribution in [0.25, 0.3) is 10.9 Å². The van der Waals surface area contributed by atoms with E-state index >= 15 is 0 Å². The molecule has 0 radical (unpaired) electrons. The summed E-state index contributed by atoms with van der Waals surface area (Å²) in [6.45, 7) is 0. The summed E-state index contributed by atoms with van der Waals surface area (Å²) in [5.74, 6) is -0.251. The number of anilines is 1. The maximum Gasteiger partial charge on any atom is 0.416 e. The Kier molecular flexibility index (Phi) is 3.38. The lowest BCUT2D eigenvalue weighted by Crippen LogP contribution is -2.04. The minimum absolute atomic E-state index is 0. The number of aromatic nitrogens is 1. The summed E-state index contributed by atoms with van der Waals surface area (Å²) < 4.78 is 37.1. The minimum atomic E-state index is -4.42. The number of nitrogens with two attached hydrogens (primary N) is 1. The first kappa shape index (κ1) is 13.4. The molecule has 0 spiro atoms. The molecular weight excluding hydrogens is 257 g/mol. The number of pyridine rings is 1. The molecule has 0 saturated carbocycles. The number of benzene rings is 1. The van der Waals surface area contributed by atoms with Crippen molar-refractivity contribution in [3.8, 4) is 5.75 Å².